The zero-order chi connectivity index (χ0) is 15.4. The number of nitrogens with two attached hydrogens (primary N) is 1. The van der Waals surface area contributed by atoms with Crippen molar-refractivity contribution in [1.29, 1.82) is 0 Å². The van der Waals surface area contributed by atoms with Gasteiger partial charge in [-0.2, -0.15) is 0 Å². The van der Waals surface area contributed by atoms with E-state index >= 15 is 0 Å². The van der Waals surface area contributed by atoms with Crippen molar-refractivity contribution in [2.24, 2.45) is 0 Å². The molecule has 0 aromatic heterocycles. The molecule has 1 atom stereocenters. The van der Waals surface area contributed by atoms with Crippen LogP contribution in [0.2, 0.25) is 0 Å². The number of fused-ring (bicyclic) bond motifs is 5. The summed E-state index contributed by atoms with van der Waals surface area (Å²) in [5.74, 6) is 0. The van der Waals surface area contributed by atoms with Crippen molar-refractivity contribution in [3.63, 3.8) is 0 Å². The van der Waals surface area contributed by atoms with Crippen molar-refractivity contribution in [1.82, 2.24) is 0 Å². The summed E-state index contributed by atoms with van der Waals surface area (Å²) in [4.78, 5) is 4.60. The van der Waals surface area contributed by atoms with Gasteiger partial charge in [0.1, 0.15) is 0 Å². The number of anilines is 6. The summed E-state index contributed by atoms with van der Waals surface area (Å²) < 4.78 is 0. The minimum Gasteiger partial charge on any atom is -0.397 e. The molecule has 4 heteroatoms. The number of rotatable bonds is 1. The van der Waals surface area contributed by atoms with Gasteiger partial charge in [0.2, 0.25) is 0 Å². The molecule has 0 bridgehead atoms. The molecular weight excluding hydrogens is 284 g/mol. The van der Waals surface area contributed by atoms with E-state index < -0.39 is 0 Å². The second kappa shape index (κ2) is 4.43. The van der Waals surface area contributed by atoms with E-state index in [2.05, 4.69) is 69.7 Å². The Balaban J connectivity index is 1.74. The summed E-state index contributed by atoms with van der Waals surface area (Å²) in [5.41, 5.74) is 12.8. The van der Waals surface area contributed by atoms with Crippen LogP contribution >= 0.6 is 0 Å². The molecular formula is C19H16N4. The molecule has 0 amide bonds. The van der Waals surface area contributed by atoms with Gasteiger partial charge in [-0.3, -0.25) is 9.80 Å². The van der Waals surface area contributed by atoms with Crippen molar-refractivity contribution in [3.05, 3.63) is 72.8 Å². The van der Waals surface area contributed by atoms with Crippen LogP contribution in [0.15, 0.2) is 72.8 Å². The molecule has 3 aromatic rings. The molecule has 0 aliphatic carbocycles. The first-order valence-corrected chi connectivity index (χ1v) is 7.72. The summed E-state index contributed by atoms with van der Waals surface area (Å²) in [6.07, 6.45) is 0.00880. The van der Waals surface area contributed by atoms with Crippen molar-refractivity contribution >= 4 is 34.1 Å². The van der Waals surface area contributed by atoms with Crippen molar-refractivity contribution in [2.75, 3.05) is 20.9 Å². The average Bonchev–Trinajstić information content (AvgIpc) is 3.10. The quantitative estimate of drug-likeness (QED) is 0.659. The van der Waals surface area contributed by atoms with Gasteiger partial charge in [-0.05, 0) is 36.4 Å². The lowest BCUT2D eigenvalue weighted by Crippen LogP contribution is -2.40. The molecule has 112 valence electrons. The number of nitrogens with one attached hydrogen (secondary N) is 1. The van der Waals surface area contributed by atoms with Crippen LogP contribution in [0.1, 0.15) is 0 Å². The topological polar surface area (TPSA) is 44.5 Å². The van der Waals surface area contributed by atoms with Crippen LogP contribution in [0.4, 0.5) is 34.1 Å². The fraction of sp³-hybridized carbons (Fsp3) is 0.0526. The molecule has 0 saturated heterocycles. The lowest BCUT2D eigenvalue weighted by Gasteiger charge is -2.28. The van der Waals surface area contributed by atoms with E-state index in [0.717, 1.165) is 22.7 Å². The van der Waals surface area contributed by atoms with Gasteiger partial charge in [0.25, 0.3) is 0 Å². The number of hydrogen-bond acceptors (Lipinski definition) is 4. The van der Waals surface area contributed by atoms with Crippen molar-refractivity contribution in [3.8, 4) is 0 Å². The van der Waals surface area contributed by atoms with E-state index in [9.17, 15) is 0 Å². The molecule has 0 spiro atoms. The second-order valence-corrected chi connectivity index (χ2v) is 5.82. The van der Waals surface area contributed by atoms with Crippen LogP contribution in [0.3, 0.4) is 0 Å². The maximum atomic E-state index is 6.26. The molecule has 4 nitrogen and oxygen atoms in total. The molecule has 23 heavy (non-hydrogen) atoms. The van der Waals surface area contributed by atoms with Crippen molar-refractivity contribution in [2.45, 2.75) is 6.29 Å². The Hall–Kier alpha value is -3.14. The van der Waals surface area contributed by atoms with Crippen LogP contribution in [0.5, 0.6) is 0 Å². The van der Waals surface area contributed by atoms with Crippen molar-refractivity contribution < 1.29 is 0 Å². The Morgan fingerprint density at radius 3 is 1.87 bits per heavy atom. The molecule has 3 N–H and O–H groups in total. The predicted octanol–water partition coefficient (Wildman–Crippen LogP) is 4.27. The standard InChI is InChI=1S/C19H16N4/c20-13-7-1-3-9-15(13)22-17-11-5-6-12-18(17)23-16-10-4-2-8-14(16)21-19(22)23/h1-12,19,21H,20H2. The van der Waals surface area contributed by atoms with Crippen LogP contribution < -0.4 is 20.9 Å². The van der Waals surface area contributed by atoms with Gasteiger partial charge in [0.05, 0.1) is 34.1 Å². The minimum absolute atomic E-state index is 0.00880. The van der Waals surface area contributed by atoms with Gasteiger partial charge in [0.15, 0.2) is 6.29 Å². The van der Waals surface area contributed by atoms with Gasteiger partial charge in [0, 0.05) is 0 Å². The van der Waals surface area contributed by atoms with Gasteiger partial charge >= 0.3 is 0 Å². The molecule has 2 heterocycles. The molecule has 3 aromatic carbocycles. The van der Waals surface area contributed by atoms with Gasteiger partial charge in [-0.15, -0.1) is 0 Å². The van der Waals surface area contributed by atoms with E-state index in [-0.39, 0.29) is 6.29 Å². The summed E-state index contributed by atoms with van der Waals surface area (Å²) in [7, 11) is 0. The zero-order valence-corrected chi connectivity index (χ0v) is 12.5. The van der Waals surface area contributed by atoms with Gasteiger partial charge in [-0.25, -0.2) is 0 Å². The first kappa shape index (κ1) is 12.4. The van der Waals surface area contributed by atoms with E-state index in [1.54, 1.807) is 0 Å². The third-order valence-electron chi connectivity index (χ3n) is 4.53. The highest BCUT2D eigenvalue weighted by molar-refractivity contribution is 5.97. The molecule has 0 saturated carbocycles. The number of nitrogen functional groups attached to an aromatic ring is 1. The number of para-hydroxylation sites is 6. The first-order valence-electron chi connectivity index (χ1n) is 7.72. The number of benzene rings is 3. The molecule has 2 aliphatic heterocycles. The largest absolute Gasteiger partial charge is 0.397 e. The molecule has 0 radical (unpaired) electrons. The smallest absolute Gasteiger partial charge is 0.187 e. The molecule has 2 aliphatic rings. The van der Waals surface area contributed by atoms with Crippen LogP contribution in [0, 0.1) is 0 Å². The van der Waals surface area contributed by atoms with Crippen LogP contribution in [-0.4, -0.2) is 6.29 Å². The second-order valence-electron chi connectivity index (χ2n) is 5.82. The molecule has 1 unspecified atom stereocenters. The van der Waals surface area contributed by atoms with Crippen LogP contribution in [-0.2, 0) is 0 Å². The monoisotopic (exact) mass is 300 g/mol. The lowest BCUT2D eigenvalue weighted by atomic mass is 10.2. The van der Waals surface area contributed by atoms with E-state index in [1.807, 2.05) is 18.2 Å². The fourth-order valence-corrected chi connectivity index (χ4v) is 3.55. The molecule has 0 fully saturated rings. The predicted molar refractivity (Wildman–Crippen MR) is 95.4 cm³/mol. The SMILES string of the molecule is Nc1ccccc1N1c2ccccc2N2c3ccccc3NC12. The normalized spacial score (nSPS) is 17.5. The Kier molecular flexibility index (Phi) is 2.39. The highest BCUT2D eigenvalue weighted by Crippen LogP contribution is 2.53. The first-order chi connectivity index (χ1) is 11.3. The van der Waals surface area contributed by atoms with E-state index in [1.165, 1.54) is 11.4 Å². The zero-order valence-electron chi connectivity index (χ0n) is 12.5. The highest BCUT2D eigenvalue weighted by Gasteiger charge is 2.42. The van der Waals surface area contributed by atoms with Gasteiger partial charge in [-0.1, -0.05) is 36.4 Å². The third kappa shape index (κ3) is 1.60. The van der Waals surface area contributed by atoms with Gasteiger partial charge < -0.3 is 11.1 Å². The van der Waals surface area contributed by atoms with E-state index in [4.69, 9.17) is 5.73 Å². The summed E-state index contributed by atoms with van der Waals surface area (Å²) in [5, 5.41) is 3.62. The fourth-order valence-electron chi connectivity index (χ4n) is 3.55. The Labute approximate surface area is 134 Å². The minimum atomic E-state index is 0.00880. The summed E-state index contributed by atoms with van der Waals surface area (Å²) in [6, 6.07) is 24.9. The van der Waals surface area contributed by atoms with Crippen LogP contribution in [0.25, 0.3) is 0 Å². The maximum absolute atomic E-state index is 6.26. The highest BCUT2D eigenvalue weighted by atomic mass is 15.5. The molecule has 5 rings (SSSR count). The summed E-state index contributed by atoms with van der Waals surface area (Å²) in [6.45, 7) is 0. The average molecular weight is 300 g/mol. The lowest BCUT2D eigenvalue weighted by molar-refractivity contribution is 0.809. The van der Waals surface area contributed by atoms with E-state index in [0.29, 0.717) is 0 Å². The maximum Gasteiger partial charge on any atom is 0.187 e. The summed E-state index contributed by atoms with van der Waals surface area (Å²) >= 11 is 0. The number of hydrogen-bond donors (Lipinski definition) is 2. The number of nitrogens with zero attached hydrogens (tertiary/aromatic N) is 2. The Morgan fingerprint density at radius 2 is 1.17 bits per heavy atom. The Bertz CT molecular complexity index is 905. The Morgan fingerprint density at radius 1 is 0.652 bits per heavy atom. The third-order valence-corrected chi connectivity index (χ3v) is 4.53.